The molecule has 8 nitrogen and oxygen atoms in total. The average Bonchev–Trinajstić information content (AvgIpc) is 3.55. The van der Waals surface area contributed by atoms with Crippen LogP contribution in [0.25, 0.3) is 11.3 Å². The Labute approximate surface area is 236 Å². The Kier molecular flexibility index (Phi) is 8.96. The fourth-order valence-corrected chi connectivity index (χ4v) is 5.82. The molecular weight excluding hydrogens is 537 g/mol. The number of nitrogens with one attached hydrogen (secondary N) is 1. The van der Waals surface area contributed by atoms with Gasteiger partial charge in [0.2, 0.25) is 0 Å². The van der Waals surface area contributed by atoms with Gasteiger partial charge in [0.25, 0.3) is 5.91 Å². The molecule has 2 fully saturated rings. The van der Waals surface area contributed by atoms with Crippen molar-refractivity contribution in [1.82, 2.24) is 19.8 Å². The molecule has 5 rings (SSSR count). The molecule has 220 valence electrons. The minimum Gasteiger partial charge on any atom is -0.508 e. The van der Waals surface area contributed by atoms with Crippen LogP contribution in [0.3, 0.4) is 0 Å². The molecule has 0 spiro atoms. The van der Waals surface area contributed by atoms with Crippen LogP contribution in [-0.2, 0) is 16.1 Å². The van der Waals surface area contributed by atoms with E-state index in [2.05, 4.69) is 5.32 Å². The third-order valence-electron chi connectivity index (χ3n) is 7.92. The largest absolute Gasteiger partial charge is 0.508 e. The van der Waals surface area contributed by atoms with Gasteiger partial charge < -0.3 is 29.7 Å². The molecular formula is C30H35F3N4O4. The summed E-state index contributed by atoms with van der Waals surface area (Å²) in [5.74, 6) is -2.03. The molecule has 1 aromatic heterocycles. The molecule has 3 aromatic rings. The third kappa shape index (κ3) is 6.58. The Morgan fingerprint density at radius 3 is 2.66 bits per heavy atom. The van der Waals surface area contributed by atoms with E-state index in [1.165, 1.54) is 11.8 Å². The third-order valence-corrected chi connectivity index (χ3v) is 7.92. The molecule has 1 unspecified atom stereocenters. The highest BCUT2D eigenvalue weighted by atomic mass is 19.1. The van der Waals surface area contributed by atoms with E-state index in [0.29, 0.717) is 38.4 Å². The first kappa shape index (κ1) is 29.1. The highest BCUT2D eigenvalue weighted by Crippen LogP contribution is 2.38. The van der Waals surface area contributed by atoms with Crippen LogP contribution in [0.2, 0.25) is 0 Å². The summed E-state index contributed by atoms with van der Waals surface area (Å²) in [5, 5.41) is 23.5. The fraction of sp³-hybridized carbons (Fsp3) is 0.467. The second kappa shape index (κ2) is 12.6. The van der Waals surface area contributed by atoms with Crippen LogP contribution >= 0.6 is 0 Å². The lowest BCUT2D eigenvalue weighted by Crippen LogP contribution is -2.48. The summed E-state index contributed by atoms with van der Waals surface area (Å²) >= 11 is 0. The predicted molar refractivity (Wildman–Crippen MR) is 146 cm³/mol. The molecule has 0 radical (unpaired) electrons. The summed E-state index contributed by atoms with van der Waals surface area (Å²) in [6.45, 7) is 3.09. The fourth-order valence-electron chi connectivity index (χ4n) is 5.82. The molecule has 11 heteroatoms. The number of hydrogen-bond donors (Lipinski definition) is 3. The highest BCUT2D eigenvalue weighted by molar-refractivity contribution is 5.80. The number of benzene rings is 2. The van der Waals surface area contributed by atoms with Gasteiger partial charge in [-0.2, -0.15) is 0 Å². The van der Waals surface area contributed by atoms with E-state index in [0.717, 1.165) is 23.8 Å². The summed E-state index contributed by atoms with van der Waals surface area (Å²) in [6, 6.07) is 9.06. The molecule has 3 heterocycles. The summed E-state index contributed by atoms with van der Waals surface area (Å²) in [4.78, 5) is 19.9. The zero-order chi connectivity index (χ0) is 29.1. The Morgan fingerprint density at radius 1 is 1.20 bits per heavy atom. The summed E-state index contributed by atoms with van der Waals surface area (Å²) < 4.78 is 51.3. The lowest BCUT2D eigenvalue weighted by atomic mass is 9.88. The van der Waals surface area contributed by atoms with Crippen molar-refractivity contribution in [3.8, 4) is 17.0 Å². The number of phenolic OH excluding ortho intramolecular Hbond substituents is 1. The lowest BCUT2D eigenvalue weighted by molar-refractivity contribution is -0.145. The topological polar surface area (TPSA) is 99.9 Å². The Morgan fingerprint density at radius 2 is 1.98 bits per heavy atom. The Hall–Kier alpha value is -3.41. The van der Waals surface area contributed by atoms with Crippen LogP contribution in [0.15, 0.2) is 48.7 Å². The maximum absolute atomic E-state index is 14.9. The number of carbonyl (C=O) groups is 1. The maximum atomic E-state index is 14.9. The Balaban J connectivity index is 1.66. The van der Waals surface area contributed by atoms with Crippen molar-refractivity contribution in [2.24, 2.45) is 11.8 Å². The number of imidazole rings is 1. The minimum absolute atomic E-state index is 0.0381. The van der Waals surface area contributed by atoms with E-state index in [9.17, 15) is 28.2 Å². The number of amides is 1. The van der Waals surface area contributed by atoms with Gasteiger partial charge in [0.1, 0.15) is 35.5 Å². The lowest BCUT2D eigenvalue weighted by Gasteiger charge is -2.40. The predicted octanol–water partition coefficient (Wildman–Crippen LogP) is 3.82. The molecule has 3 N–H and O–H groups in total. The molecule has 4 atom stereocenters. The monoisotopic (exact) mass is 572 g/mol. The van der Waals surface area contributed by atoms with Gasteiger partial charge in [0.05, 0.1) is 11.7 Å². The summed E-state index contributed by atoms with van der Waals surface area (Å²) in [7, 11) is 0. The van der Waals surface area contributed by atoms with Crippen LogP contribution < -0.4 is 5.32 Å². The molecule has 0 aliphatic carbocycles. The van der Waals surface area contributed by atoms with Crippen molar-refractivity contribution in [1.29, 1.82) is 0 Å². The van der Waals surface area contributed by atoms with Crippen molar-refractivity contribution in [2.45, 2.75) is 44.6 Å². The van der Waals surface area contributed by atoms with E-state index in [1.807, 2.05) is 6.07 Å². The van der Waals surface area contributed by atoms with Gasteiger partial charge >= 0.3 is 0 Å². The van der Waals surface area contributed by atoms with Gasteiger partial charge in [-0.05, 0) is 61.6 Å². The van der Waals surface area contributed by atoms with E-state index in [1.54, 1.807) is 29.0 Å². The first-order valence-corrected chi connectivity index (χ1v) is 13.9. The molecule has 1 amide bonds. The van der Waals surface area contributed by atoms with E-state index >= 15 is 0 Å². The number of aromatic hydroxyl groups is 1. The minimum atomic E-state index is -1.35. The van der Waals surface area contributed by atoms with Gasteiger partial charge in [-0.15, -0.1) is 0 Å². The van der Waals surface area contributed by atoms with Crippen LogP contribution in [0.5, 0.6) is 5.75 Å². The van der Waals surface area contributed by atoms with Gasteiger partial charge in [-0.25, -0.2) is 18.2 Å². The second-order valence-corrected chi connectivity index (χ2v) is 10.9. The quantitative estimate of drug-likeness (QED) is 0.361. The van der Waals surface area contributed by atoms with Crippen LogP contribution in [0.4, 0.5) is 13.2 Å². The van der Waals surface area contributed by atoms with Gasteiger partial charge in [-0.1, -0.05) is 12.1 Å². The Bertz CT molecular complexity index is 1360. The first-order valence-electron chi connectivity index (χ1n) is 13.9. The van der Waals surface area contributed by atoms with Crippen molar-refractivity contribution >= 4 is 5.91 Å². The molecule has 2 aliphatic heterocycles. The molecule has 2 aromatic carbocycles. The average molecular weight is 573 g/mol. The number of rotatable bonds is 9. The number of hydrogen-bond acceptors (Lipinski definition) is 6. The summed E-state index contributed by atoms with van der Waals surface area (Å²) in [5.41, 5.74) is 0.853. The van der Waals surface area contributed by atoms with E-state index in [-0.39, 0.29) is 42.6 Å². The molecule has 41 heavy (non-hydrogen) atoms. The number of ether oxygens (including phenoxy) is 1. The van der Waals surface area contributed by atoms with Gasteiger partial charge in [-0.3, -0.25) is 4.79 Å². The number of nitrogens with zero attached hydrogens (tertiary/aromatic N) is 3. The molecule has 2 saturated heterocycles. The summed E-state index contributed by atoms with van der Waals surface area (Å²) in [6.07, 6.45) is 0.250. The smallest absolute Gasteiger partial charge is 0.251 e. The zero-order valence-electron chi connectivity index (χ0n) is 22.8. The van der Waals surface area contributed by atoms with E-state index < -0.39 is 41.8 Å². The number of halogens is 3. The number of aromatic nitrogens is 2. The number of alkyl halides is 1. The highest BCUT2D eigenvalue weighted by Gasteiger charge is 2.41. The number of carbonyl (C=O) groups excluding carboxylic acids is 1. The van der Waals surface area contributed by atoms with Crippen molar-refractivity contribution in [3.05, 3.63) is 71.7 Å². The van der Waals surface area contributed by atoms with Crippen molar-refractivity contribution < 1.29 is 32.9 Å². The molecule has 0 saturated carbocycles. The standard InChI is InChI=1S/C30H35F3N4O4/c1-18(38)30(40)37(16-21-13-34-14-26(21)33)28(20-7-9-41-10-8-20)29-35-27(24-12-22(31)5-6-25(24)32)17-36(29)15-19-3-2-4-23(39)11-19/h2-6,11-12,17-18,20-21,26,28,34,38-39H,7-10,13-16H2,1H3/t18-,21-,26-,28?/m0/s1. The molecule has 0 bridgehead atoms. The van der Waals surface area contributed by atoms with Gasteiger partial charge in [0.15, 0.2) is 0 Å². The van der Waals surface area contributed by atoms with Gasteiger partial charge in [0, 0.05) is 57.1 Å². The number of phenols is 1. The van der Waals surface area contributed by atoms with Crippen molar-refractivity contribution in [2.75, 3.05) is 32.8 Å². The van der Waals surface area contributed by atoms with Crippen LogP contribution in [0, 0.1) is 23.5 Å². The second-order valence-electron chi connectivity index (χ2n) is 10.9. The maximum Gasteiger partial charge on any atom is 0.251 e. The first-order chi connectivity index (χ1) is 19.7. The SMILES string of the molecule is C[C@H](O)C(=O)N(C[C@@H]1CNC[C@@H]1F)C(c1nc(-c2cc(F)ccc2F)cn1Cc1cccc(O)c1)C1CCOCC1. The van der Waals surface area contributed by atoms with E-state index in [4.69, 9.17) is 9.72 Å². The van der Waals surface area contributed by atoms with Crippen molar-refractivity contribution in [3.63, 3.8) is 0 Å². The molecule has 2 aliphatic rings. The normalized spacial score (nSPS) is 21.1. The van der Waals surface area contributed by atoms with Crippen LogP contribution in [-0.4, -0.2) is 75.7 Å². The zero-order valence-corrected chi connectivity index (χ0v) is 22.8. The number of aliphatic hydroxyl groups is 1. The van der Waals surface area contributed by atoms with Crippen LogP contribution in [0.1, 0.15) is 37.2 Å². The number of aliphatic hydroxyl groups excluding tert-OH is 1.